The second-order valence-corrected chi connectivity index (χ2v) is 7.34. The van der Waals surface area contributed by atoms with E-state index in [1.165, 1.54) is 31.1 Å². The summed E-state index contributed by atoms with van der Waals surface area (Å²) in [7, 11) is 2.83. The molecule has 0 amide bonds. The maximum absolute atomic E-state index is 13.7. The Morgan fingerprint density at radius 2 is 1.55 bits per heavy atom. The molecule has 0 atom stereocenters. The molecule has 0 saturated heterocycles. The Bertz CT molecular complexity index is 1460. The van der Waals surface area contributed by atoms with Gasteiger partial charge in [-0.15, -0.1) is 0 Å². The molecule has 0 aliphatic carbocycles. The lowest BCUT2D eigenvalue weighted by atomic mass is 10.0. The number of halogens is 5. The first-order valence-electron chi connectivity index (χ1n) is 9.53. The Hall–Kier alpha value is -3.89. The van der Waals surface area contributed by atoms with E-state index in [9.17, 15) is 31.5 Å². The minimum absolute atomic E-state index is 0.0723. The third-order valence-electron chi connectivity index (χ3n) is 5.17. The van der Waals surface area contributed by atoms with Gasteiger partial charge in [0.2, 0.25) is 0 Å². The summed E-state index contributed by atoms with van der Waals surface area (Å²) in [5.41, 5.74) is -2.37. The largest absolute Gasteiger partial charge is 0.454 e. The van der Waals surface area contributed by atoms with Crippen molar-refractivity contribution in [3.63, 3.8) is 0 Å². The highest BCUT2D eigenvalue weighted by Crippen LogP contribution is 2.43. The van der Waals surface area contributed by atoms with Crippen LogP contribution in [0.1, 0.15) is 24.0 Å². The van der Waals surface area contributed by atoms with Crippen molar-refractivity contribution in [1.29, 1.82) is 0 Å². The van der Waals surface area contributed by atoms with Gasteiger partial charge < -0.3 is 18.9 Å². The van der Waals surface area contributed by atoms with Crippen LogP contribution >= 0.6 is 0 Å². The summed E-state index contributed by atoms with van der Waals surface area (Å²) in [6, 6.07) is 3.55. The predicted molar refractivity (Wildman–Crippen MR) is 111 cm³/mol. The summed E-state index contributed by atoms with van der Waals surface area (Å²) in [4.78, 5) is 27.5. The van der Waals surface area contributed by atoms with Crippen LogP contribution in [-0.2, 0) is 14.1 Å². The van der Waals surface area contributed by atoms with Gasteiger partial charge in [0, 0.05) is 49.1 Å². The van der Waals surface area contributed by atoms with Crippen LogP contribution in [0.15, 0.2) is 52.4 Å². The molecule has 4 aromatic rings. The molecule has 11 heteroatoms. The summed E-state index contributed by atoms with van der Waals surface area (Å²) >= 11 is 0. The number of nitrogens with zero attached hydrogens (tertiary/aromatic N) is 2. The molecular formula is C22H16F5N3O3. The highest BCUT2D eigenvalue weighted by molar-refractivity contribution is 5.95. The van der Waals surface area contributed by atoms with Gasteiger partial charge in [-0.25, -0.2) is 22.0 Å². The number of hydrogen-bond donors (Lipinski definition) is 1. The van der Waals surface area contributed by atoms with Gasteiger partial charge in [0.25, 0.3) is 24.0 Å². The summed E-state index contributed by atoms with van der Waals surface area (Å²) in [6.45, 7) is 0. The molecule has 172 valence electrons. The van der Waals surface area contributed by atoms with Gasteiger partial charge in [0.1, 0.15) is 17.1 Å². The van der Waals surface area contributed by atoms with Crippen molar-refractivity contribution in [2.75, 3.05) is 0 Å². The van der Waals surface area contributed by atoms with Crippen molar-refractivity contribution < 1.29 is 26.7 Å². The number of aromatic amines is 1. The number of pyridine rings is 2. The Labute approximate surface area is 182 Å². The van der Waals surface area contributed by atoms with Crippen molar-refractivity contribution in [2.45, 2.75) is 12.9 Å². The lowest BCUT2D eigenvalue weighted by Crippen LogP contribution is -2.18. The summed E-state index contributed by atoms with van der Waals surface area (Å²) in [5.74, 6) is -2.38. The van der Waals surface area contributed by atoms with E-state index >= 15 is 0 Å². The number of benzene rings is 1. The van der Waals surface area contributed by atoms with E-state index in [1.54, 1.807) is 6.07 Å². The maximum atomic E-state index is 13.7. The molecule has 0 bridgehead atoms. The molecule has 0 aliphatic rings. The molecule has 1 N–H and O–H groups in total. The first-order chi connectivity index (χ1) is 15.6. The highest BCUT2D eigenvalue weighted by Gasteiger charge is 2.26. The molecule has 0 aliphatic heterocycles. The molecule has 4 rings (SSSR count). The molecule has 3 aromatic heterocycles. The van der Waals surface area contributed by atoms with Gasteiger partial charge >= 0.3 is 0 Å². The number of fused-ring (bicyclic) bond motifs is 1. The van der Waals surface area contributed by atoms with Crippen LogP contribution in [0.4, 0.5) is 22.0 Å². The number of ether oxygens (including phenoxy) is 1. The summed E-state index contributed by atoms with van der Waals surface area (Å²) in [5, 5.41) is 0.401. The molecule has 0 saturated carbocycles. The van der Waals surface area contributed by atoms with Gasteiger partial charge in [-0.05, 0) is 18.2 Å². The van der Waals surface area contributed by atoms with Crippen LogP contribution in [0.3, 0.4) is 0 Å². The van der Waals surface area contributed by atoms with Crippen molar-refractivity contribution in [1.82, 2.24) is 14.1 Å². The highest BCUT2D eigenvalue weighted by atomic mass is 19.3. The molecule has 0 unspecified atom stereocenters. The normalized spacial score (nSPS) is 11.7. The van der Waals surface area contributed by atoms with E-state index in [2.05, 4.69) is 4.98 Å². The zero-order chi connectivity index (χ0) is 24.0. The smallest absolute Gasteiger partial charge is 0.274 e. The Balaban J connectivity index is 2.01. The van der Waals surface area contributed by atoms with Crippen LogP contribution < -0.4 is 15.9 Å². The number of aromatic nitrogens is 3. The molecular weight excluding hydrogens is 449 g/mol. The summed E-state index contributed by atoms with van der Waals surface area (Å²) < 4.78 is 76.0. The fourth-order valence-corrected chi connectivity index (χ4v) is 3.57. The average molecular weight is 465 g/mol. The Morgan fingerprint density at radius 1 is 0.909 bits per heavy atom. The number of nitrogens with one attached hydrogen (secondary N) is 1. The van der Waals surface area contributed by atoms with Crippen molar-refractivity contribution in [2.24, 2.45) is 14.1 Å². The van der Waals surface area contributed by atoms with E-state index < -0.39 is 41.1 Å². The maximum Gasteiger partial charge on any atom is 0.274 e. The minimum Gasteiger partial charge on any atom is -0.454 e. The van der Waals surface area contributed by atoms with Gasteiger partial charge in [-0.2, -0.15) is 0 Å². The van der Waals surface area contributed by atoms with Crippen LogP contribution in [-0.4, -0.2) is 14.1 Å². The van der Waals surface area contributed by atoms with E-state index in [-0.39, 0.29) is 22.4 Å². The molecule has 3 heterocycles. The van der Waals surface area contributed by atoms with E-state index in [4.69, 9.17) is 4.74 Å². The van der Waals surface area contributed by atoms with Gasteiger partial charge in [0.05, 0.1) is 17.3 Å². The van der Waals surface area contributed by atoms with Crippen LogP contribution in [0.25, 0.3) is 22.0 Å². The minimum atomic E-state index is -3.31. The van der Waals surface area contributed by atoms with Gasteiger partial charge in [-0.3, -0.25) is 9.59 Å². The van der Waals surface area contributed by atoms with E-state index in [0.29, 0.717) is 23.1 Å². The van der Waals surface area contributed by atoms with Crippen LogP contribution in [0.5, 0.6) is 11.5 Å². The first kappa shape index (κ1) is 22.3. The number of alkyl halides is 4. The molecule has 0 spiro atoms. The molecule has 0 radical (unpaired) electrons. The number of aryl methyl sites for hydroxylation is 2. The molecule has 33 heavy (non-hydrogen) atoms. The monoisotopic (exact) mass is 465 g/mol. The lowest BCUT2D eigenvalue weighted by molar-refractivity contribution is 0.137. The molecule has 1 aromatic carbocycles. The zero-order valence-corrected chi connectivity index (χ0v) is 17.2. The van der Waals surface area contributed by atoms with E-state index in [1.807, 2.05) is 0 Å². The third kappa shape index (κ3) is 3.90. The third-order valence-corrected chi connectivity index (χ3v) is 5.17. The van der Waals surface area contributed by atoms with Crippen LogP contribution in [0.2, 0.25) is 0 Å². The number of H-pyrrole nitrogens is 1. The quantitative estimate of drug-likeness (QED) is 0.420. The van der Waals surface area contributed by atoms with Gasteiger partial charge in [0.15, 0.2) is 5.75 Å². The topological polar surface area (TPSA) is 69.0 Å². The van der Waals surface area contributed by atoms with E-state index in [0.717, 1.165) is 16.8 Å². The number of hydrogen-bond acceptors (Lipinski definition) is 3. The first-order valence-corrected chi connectivity index (χ1v) is 9.53. The average Bonchev–Trinajstić information content (AvgIpc) is 3.24. The number of rotatable bonds is 5. The molecule has 6 nitrogen and oxygen atoms in total. The second kappa shape index (κ2) is 8.23. The van der Waals surface area contributed by atoms with Gasteiger partial charge in [-0.1, -0.05) is 0 Å². The SMILES string of the molecule is Cn1cc(Oc2c(C(F)F)cc(F)cc2C(F)F)c(-c2cn(C)c(=O)c3[nH]ccc23)cc1=O. The van der Waals surface area contributed by atoms with Crippen molar-refractivity contribution >= 4 is 10.9 Å². The fraction of sp³-hybridized carbons (Fsp3) is 0.182. The fourth-order valence-electron chi connectivity index (χ4n) is 3.57. The van der Waals surface area contributed by atoms with Crippen molar-refractivity contribution in [3.8, 4) is 22.6 Å². The lowest BCUT2D eigenvalue weighted by Gasteiger charge is -2.19. The zero-order valence-electron chi connectivity index (χ0n) is 17.2. The summed E-state index contributed by atoms with van der Waals surface area (Å²) in [6.07, 6.45) is -2.56. The second-order valence-electron chi connectivity index (χ2n) is 7.34. The van der Waals surface area contributed by atoms with Crippen molar-refractivity contribution in [3.05, 3.63) is 80.5 Å². The Morgan fingerprint density at radius 3 is 2.15 bits per heavy atom. The Kier molecular flexibility index (Phi) is 5.56. The standard InChI is InChI=1S/C22H16F5N3O3/c1-29-9-16(33-19-13(20(24)25)5-10(23)6-14(19)21(26)27)12(7-17(29)31)15-8-30(2)22(32)18-11(15)3-4-28-18/h3-9,20-21,28H,1-2H3. The predicted octanol–water partition coefficient (Wildman–Crippen LogP) is 5.04. The van der Waals surface area contributed by atoms with Crippen LogP contribution in [0, 0.1) is 5.82 Å². The molecule has 0 fully saturated rings.